The average molecular weight is 374 g/mol. The fourth-order valence-corrected chi connectivity index (χ4v) is 3.07. The van der Waals surface area contributed by atoms with E-state index in [2.05, 4.69) is 20.5 Å². The number of aromatic nitrogens is 4. The number of pyridine rings is 1. The number of hydrogen-bond donors (Lipinski definition) is 1. The summed E-state index contributed by atoms with van der Waals surface area (Å²) >= 11 is 7.13. The molecule has 0 saturated heterocycles. The van der Waals surface area contributed by atoms with Crippen LogP contribution in [0.1, 0.15) is 6.92 Å². The van der Waals surface area contributed by atoms with Crippen molar-refractivity contribution in [2.45, 2.75) is 17.3 Å². The molecule has 0 fully saturated rings. The predicted molar refractivity (Wildman–Crippen MR) is 99.6 cm³/mol. The molecule has 2 aromatic heterocycles. The highest BCUT2D eigenvalue weighted by atomic mass is 35.5. The lowest BCUT2D eigenvalue weighted by Crippen LogP contribution is -2.23. The number of anilines is 1. The second-order valence-electron chi connectivity index (χ2n) is 5.34. The van der Waals surface area contributed by atoms with Gasteiger partial charge < -0.3 is 9.88 Å². The number of carbonyl (C=O) groups is 1. The minimum Gasteiger partial charge on any atom is -0.310 e. The van der Waals surface area contributed by atoms with Crippen LogP contribution in [0.2, 0.25) is 5.02 Å². The molecule has 0 bridgehead atoms. The summed E-state index contributed by atoms with van der Waals surface area (Å²) in [6.07, 6.45) is 1.49. The minimum absolute atomic E-state index is 0.163. The molecule has 0 saturated carbocycles. The van der Waals surface area contributed by atoms with Crippen LogP contribution in [0.15, 0.2) is 53.8 Å². The van der Waals surface area contributed by atoms with E-state index in [0.717, 1.165) is 11.4 Å². The topological polar surface area (TPSA) is 72.7 Å². The summed E-state index contributed by atoms with van der Waals surface area (Å²) in [5.41, 5.74) is 0.979. The average Bonchev–Trinajstić information content (AvgIpc) is 2.98. The maximum absolute atomic E-state index is 12.3. The van der Waals surface area contributed by atoms with Gasteiger partial charge in [0.1, 0.15) is 5.82 Å². The first-order chi connectivity index (χ1) is 12.0. The highest BCUT2D eigenvalue weighted by Gasteiger charge is 2.19. The van der Waals surface area contributed by atoms with Gasteiger partial charge in [0.25, 0.3) is 0 Å². The number of nitrogens with zero attached hydrogens (tertiary/aromatic N) is 4. The molecule has 0 aliphatic rings. The number of benzene rings is 1. The Balaban J connectivity index is 1.68. The van der Waals surface area contributed by atoms with E-state index in [1.165, 1.54) is 18.0 Å². The molecule has 0 radical (unpaired) electrons. The van der Waals surface area contributed by atoms with E-state index in [9.17, 15) is 4.79 Å². The summed E-state index contributed by atoms with van der Waals surface area (Å²) in [7, 11) is 1.88. The molecule has 0 unspecified atom stereocenters. The molecule has 0 spiro atoms. The largest absolute Gasteiger partial charge is 0.310 e. The van der Waals surface area contributed by atoms with Gasteiger partial charge in [-0.05, 0) is 19.1 Å². The van der Waals surface area contributed by atoms with Crippen molar-refractivity contribution >= 4 is 35.1 Å². The fraction of sp³-hybridized carbons (Fsp3) is 0.176. The Hall–Kier alpha value is -2.38. The first kappa shape index (κ1) is 17.4. The number of halogens is 1. The molecule has 25 heavy (non-hydrogen) atoms. The third-order valence-corrected chi connectivity index (χ3v) is 4.85. The summed E-state index contributed by atoms with van der Waals surface area (Å²) in [4.78, 5) is 16.4. The van der Waals surface area contributed by atoms with Crippen LogP contribution < -0.4 is 5.32 Å². The monoisotopic (exact) mass is 373 g/mol. The van der Waals surface area contributed by atoms with Gasteiger partial charge in [-0.2, -0.15) is 0 Å². The van der Waals surface area contributed by atoms with Gasteiger partial charge in [0, 0.05) is 18.8 Å². The Morgan fingerprint density at radius 3 is 2.64 bits per heavy atom. The van der Waals surface area contributed by atoms with Crippen molar-refractivity contribution in [1.29, 1.82) is 0 Å². The van der Waals surface area contributed by atoms with Crippen molar-refractivity contribution in [3.05, 3.63) is 53.7 Å². The van der Waals surface area contributed by atoms with E-state index in [1.54, 1.807) is 12.1 Å². The predicted octanol–water partition coefficient (Wildman–Crippen LogP) is 3.65. The van der Waals surface area contributed by atoms with Gasteiger partial charge in [-0.25, -0.2) is 4.98 Å². The van der Waals surface area contributed by atoms with Crippen molar-refractivity contribution < 1.29 is 4.79 Å². The van der Waals surface area contributed by atoms with Crippen LogP contribution in [-0.4, -0.2) is 30.9 Å². The number of amides is 1. The van der Waals surface area contributed by atoms with Crippen LogP contribution in [0, 0.1) is 0 Å². The van der Waals surface area contributed by atoms with Crippen LogP contribution in [0.5, 0.6) is 0 Å². The van der Waals surface area contributed by atoms with Crippen molar-refractivity contribution in [1.82, 2.24) is 19.7 Å². The smallest absolute Gasteiger partial charge is 0.238 e. The maximum atomic E-state index is 12.3. The lowest BCUT2D eigenvalue weighted by Gasteiger charge is -2.11. The van der Waals surface area contributed by atoms with E-state index >= 15 is 0 Å². The zero-order valence-electron chi connectivity index (χ0n) is 13.7. The zero-order valence-corrected chi connectivity index (χ0v) is 15.3. The first-order valence-electron chi connectivity index (χ1n) is 7.58. The number of nitrogens with one attached hydrogen (secondary N) is 1. The van der Waals surface area contributed by atoms with Gasteiger partial charge in [0.15, 0.2) is 11.0 Å². The normalized spacial score (nSPS) is 12.0. The lowest BCUT2D eigenvalue weighted by atomic mass is 10.2. The molecule has 1 aromatic carbocycles. The van der Waals surface area contributed by atoms with Crippen LogP contribution in [0.3, 0.4) is 0 Å². The molecule has 1 amide bonds. The molecule has 1 N–H and O–H groups in total. The number of rotatable bonds is 5. The molecular weight excluding hydrogens is 358 g/mol. The highest BCUT2D eigenvalue weighted by molar-refractivity contribution is 8.00. The van der Waals surface area contributed by atoms with Crippen molar-refractivity contribution in [3.8, 4) is 11.4 Å². The molecule has 0 aliphatic heterocycles. The molecule has 0 aliphatic carbocycles. The van der Waals surface area contributed by atoms with Crippen LogP contribution in [0.25, 0.3) is 11.4 Å². The molecule has 128 valence electrons. The third kappa shape index (κ3) is 4.18. The van der Waals surface area contributed by atoms with E-state index < -0.39 is 0 Å². The Bertz CT molecular complexity index is 867. The summed E-state index contributed by atoms with van der Waals surface area (Å²) in [6, 6.07) is 13.1. The van der Waals surface area contributed by atoms with Gasteiger partial charge in [0.2, 0.25) is 5.91 Å². The quantitative estimate of drug-likeness (QED) is 0.691. The Morgan fingerprint density at radius 1 is 1.20 bits per heavy atom. The Labute approximate surface area is 154 Å². The standard InChI is InChI=1S/C17H16ClN5OS/c1-11(16(24)20-14-9-8-13(18)10-19-14)25-17-22-21-15(23(17)2)12-6-4-3-5-7-12/h3-11H,1-2H3,(H,19,20,24)/t11-/m1/s1. The van der Waals surface area contributed by atoms with Crippen molar-refractivity contribution in [3.63, 3.8) is 0 Å². The molecular formula is C17H16ClN5OS. The lowest BCUT2D eigenvalue weighted by molar-refractivity contribution is -0.115. The van der Waals surface area contributed by atoms with Gasteiger partial charge in [-0.3, -0.25) is 4.79 Å². The Morgan fingerprint density at radius 2 is 1.96 bits per heavy atom. The minimum atomic E-state index is -0.357. The van der Waals surface area contributed by atoms with Crippen LogP contribution in [-0.2, 0) is 11.8 Å². The summed E-state index contributed by atoms with van der Waals surface area (Å²) in [5.74, 6) is 1.06. The van der Waals surface area contributed by atoms with E-state index in [1.807, 2.05) is 48.9 Å². The van der Waals surface area contributed by atoms with Crippen molar-refractivity contribution in [2.24, 2.45) is 7.05 Å². The van der Waals surface area contributed by atoms with Crippen molar-refractivity contribution in [2.75, 3.05) is 5.32 Å². The molecule has 8 heteroatoms. The second kappa shape index (κ2) is 7.67. The fourth-order valence-electron chi connectivity index (χ4n) is 2.15. The van der Waals surface area contributed by atoms with Crippen LogP contribution >= 0.6 is 23.4 Å². The van der Waals surface area contributed by atoms with Gasteiger partial charge >= 0.3 is 0 Å². The third-order valence-electron chi connectivity index (χ3n) is 3.50. The highest BCUT2D eigenvalue weighted by Crippen LogP contribution is 2.26. The molecule has 3 aromatic rings. The van der Waals surface area contributed by atoms with E-state index in [-0.39, 0.29) is 11.2 Å². The number of hydrogen-bond acceptors (Lipinski definition) is 5. The molecule has 2 heterocycles. The number of carbonyl (C=O) groups excluding carboxylic acids is 1. The summed E-state index contributed by atoms with van der Waals surface area (Å²) in [6.45, 7) is 1.81. The zero-order chi connectivity index (χ0) is 17.8. The second-order valence-corrected chi connectivity index (χ2v) is 7.09. The van der Waals surface area contributed by atoms with Gasteiger partial charge in [0.05, 0.1) is 10.3 Å². The van der Waals surface area contributed by atoms with E-state index in [0.29, 0.717) is 16.0 Å². The SMILES string of the molecule is C[C@@H](Sc1nnc(-c2ccccc2)n1C)C(=O)Nc1ccc(Cl)cn1. The molecule has 1 atom stereocenters. The Kier molecular flexibility index (Phi) is 5.35. The molecule has 6 nitrogen and oxygen atoms in total. The number of thioether (sulfide) groups is 1. The first-order valence-corrected chi connectivity index (χ1v) is 8.84. The summed E-state index contributed by atoms with van der Waals surface area (Å²) in [5, 5.41) is 12.0. The van der Waals surface area contributed by atoms with Gasteiger partial charge in [-0.1, -0.05) is 53.7 Å². The van der Waals surface area contributed by atoms with Gasteiger partial charge in [-0.15, -0.1) is 10.2 Å². The molecule has 3 rings (SSSR count). The van der Waals surface area contributed by atoms with Crippen LogP contribution in [0.4, 0.5) is 5.82 Å². The summed E-state index contributed by atoms with van der Waals surface area (Å²) < 4.78 is 1.88. The maximum Gasteiger partial charge on any atom is 0.238 e. The van der Waals surface area contributed by atoms with E-state index in [4.69, 9.17) is 11.6 Å².